The monoisotopic (exact) mass is 293 g/mol. The number of hydrogen-bond acceptors (Lipinski definition) is 4. The third kappa shape index (κ3) is 3.07. The largest absolute Gasteiger partial charge is 0.399 e. The minimum Gasteiger partial charge on any atom is -0.399 e. The maximum Gasteiger partial charge on any atom is 0.303 e. The number of carbonyl (C=O) groups is 2. The molecule has 0 aliphatic rings. The molecule has 2 rings (SSSR count). The number of nitrogen functional groups attached to an aromatic ring is 2. The molecule has 0 heterocycles. The van der Waals surface area contributed by atoms with Gasteiger partial charge in [-0.1, -0.05) is 18.2 Å². The van der Waals surface area contributed by atoms with Crippen LogP contribution in [0.1, 0.15) is 11.6 Å². The fraction of sp³-hybridized carbons (Fsp3) is 0.0588. The molecular weight excluding hydrogens is 278 g/mol. The Balaban J connectivity index is 2.52. The Labute approximate surface area is 128 Å². The molecule has 22 heavy (non-hydrogen) atoms. The number of nitrogens with two attached hydrogens (primary N) is 2. The van der Waals surface area contributed by atoms with E-state index in [1.54, 1.807) is 48.5 Å². The number of hydrogen-bond donors (Lipinski definition) is 2. The van der Waals surface area contributed by atoms with Crippen molar-refractivity contribution in [2.45, 2.75) is 6.04 Å². The van der Waals surface area contributed by atoms with Gasteiger partial charge in [0.05, 0.1) is 0 Å². The summed E-state index contributed by atoms with van der Waals surface area (Å²) in [5.74, 6) is 1.42. The molecule has 2 aromatic carbocycles. The molecule has 1 atom stereocenters. The highest BCUT2D eigenvalue weighted by Crippen LogP contribution is 2.28. The second-order valence-electron chi connectivity index (χ2n) is 4.66. The Morgan fingerprint density at radius 3 is 2.36 bits per heavy atom. The van der Waals surface area contributed by atoms with Crippen molar-refractivity contribution in [2.24, 2.45) is 0 Å². The van der Waals surface area contributed by atoms with Crippen molar-refractivity contribution in [1.82, 2.24) is 0 Å². The summed E-state index contributed by atoms with van der Waals surface area (Å²) < 4.78 is 0. The standard InChI is InChI=1S/C17H15N3O2/c1-2-17(22)20(15-5-3-4-14(19)10-15)16(11-21)12-6-8-13(18)9-7-12/h1,3-11,16H,18-19H2. The number of anilines is 3. The van der Waals surface area contributed by atoms with Crippen LogP contribution in [0.4, 0.5) is 17.1 Å². The minimum absolute atomic E-state index is 0.455. The van der Waals surface area contributed by atoms with Crippen LogP contribution < -0.4 is 16.4 Å². The number of benzene rings is 2. The number of terminal acetylenes is 1. The Kier molecular flexibility index (Phi) is 4.44. The van der Waals surface area contributed by atoms with Gasteiger partial charge in [0.25, 0.3) is 0 Å². The van der Waals surface area contributed by atoms with E-state index in [1.807, 2.05) is 5.92 Å². The normalized spacial score (nSPS) is 11.2. The number of aldehydes is 1. The van der Waals surface area contributed by atoms with Crippen molar-refractivity contribution in [3.8, 4) is 12.3 Å². The van der Waals surface area contributed by atoms with Gasteiger partial charge < -0.3 is 16.3 Å². The number of rotatable bonds is 4. The molecule has 110 valence electrons. The Morgan fingerprint density at radius 2 is 1.82 bits per heavy atom. The van der Waals surface area contributed by atoms with Gasteiger partial charge in [-0.05, 0) is 41.8 Å². The zero-order valence-electron chi connectivity index (χ0n) is 11.8. The van der Waals surface area contributed by atoms with Crippen LogP contribution in [0, 0.1) is 12.3 Å². The summed E-state index contributed by atoms with van der Waals surface area (Å²) in [6.45, 7) is 0. The van der Waals surface area contributed by atoms with Crippen LogP contribution in [0.3, 0.4) is 0 Å². The first-order valence-corrected chi connectivity index (χ1v) is 6.53. The molecular formula is C17H15N3O2. The lowest BCUT2D eigenvalue weighted by atomic mass is 10.0. The van der Waals surface area contributed by atoms with Crippen molar-refractivity contribution < 1.29 is 9.59 Å². The van der Waals surface area contributed by atoms with E-state index in [0.29, 0.717) is 28.9 Å². The van der Waals surface area contributed by atoms with Gasteiger partial charge in [0.2, 0.25) is 0 Å². The molecule has 4 N–H and O–H groups in total. The van der Waals surface area contributed by atoms with Crippen LogP contribution in [0.5, 0.6) is 0 Å². The summed E-state index contributed by atoms with van der Waals surface area (Å²) in [6, 6.07) is 12.4. The van der Waals surface area contributed by atoms with Crippen molar-refractivity contribution >= 4 is 29.3 Å². The summed E-state index contributed by atoms with van der Waals surface area (Å²) in [4.78, 5) is 24.9. The van der Waals surface area contributed by atoms with E-state index in [1.165, 1.54) is 4.90 Å². The molecule has 0 aromatic heterocycles. The zero-order chi connectivity index (χ0) is 16.1. The summed E-state index contributed by atoms with van der Waals surface area (Å²) in [7, 11) is 0. The maximum atomic E-state index is 12.1. The van der Waals surface area contributed by atoms with E-state index in [-0.39, 0.29) is 0 Å². The van der Waals surface area contributed by atoms with Gasteiger partial charge in [0.15, 0.2) is 0 Å². The van der Waals surface area contributed by atoms with E-state index in [2.05, 4.69) is 0 Å². The van der Waals surface area contributed by atoms with Crippen molar-refractivity contribution in [3.05, 3.63) is 54.1 Å². The topological polar surface area (TPSA) is 89.4 Å². The molecule has 5 nitrogen and oxygen atoms in total. The molecule has 0 spiro atoms. The molecule has 0 bridgehead atoms. The minimum atomic E-state index is -0.856. The van der Waals surface area contributed by atoms with E-state index in [0.717, 1.165) is 0 Å². The quantitative estimate of drug-likeness (QED) is 0.510. The molecule has 2 aromatic rings. The molecule has 5 heteroatoms. The Morgan fingerprint density at radius 1 is 1.14 bits per heavy atom. The summed E-state index contributed by atoms with van der Waals surface area (Å²) in [6.07, 6.45) is 5.89. The summed E-state index contributed by atoms with van der Waals surface area (Å²) in [5.41, 5.74) is 13.5. The third-order valence-corrected chi connectivity index (χ3v) is 3.18. The second kappa shape index (κ2) is 6.46. The first-order valence-electron chi connectivity index (χ1n) is 6.53. The van der Waals surface area contributed by atoms with Gasteiger partial charge in [-0.15, -0.1) is 6.42 Å². The van der Waals surface area contributed by atoms with Crippen LogP contribution in [0.25, 0.3) is 0 Å². The molecule has 0 saturated heterocycles. The molecule has 0 radical (unpaired) electrons. The van der Waals surface area contributed by atoms with Crippen molar-refractivity contribution in [2.75, 3.05) is 16.4 Å². The van der Waals surface area contributed by atoms with Crippen LogP contribution in [-0.2, 0) is 9.59 Å². The fourth-order valence-electron chi connectivity index (χ4n) is 2.13. The predicted molar refractivity (Wildman–Crippen MR) is 86.8 cm³/mol. The maximum absolute atomic E-state index is 12.1. The lowest BCUT2D eigenvalue weighted by molar-refractivity contribution is -0.116. The van der Waals surface area contributed by atoms with Gasteiger partial charge in [0, 0.05) is 17.1 Å². The molecule has 0 aliphatic heterocycles. The lowest BCUT2D eigenvalue weighted by Crippen LogP contribution is -2.35. The van der Waals surface area contributed by atoms with Crippen molar-refractivity contribution in [1.29, 1.82) is 0 Å². The molecule has 1 amide bonds. The number of amides is 1. The van der Waals surface area contributed by atoms with Crippen LogP contribution in [0.15, 0.2) is 48.5 Å². The van der Waals surface area contributed by atoms with E-state index in [9.17, 15) is 9.59 Å². The highest BCUT2D eigenvalue weighted by atomic mass is 16.2. The van der Waals surface area contributed by atoms with Crippen LogP contribution in [-0.4, -0.2) is 12.2 Å². The van der Waals surface area contributed by atoms with E-state index >= 15 is 0 Å². The second-order valence-corrected chi connectivity index (χ2v) is 4.66. The molecule has 0 saturated carbocycles. The third-order valence-electron chi connectivity index (χ3n) is 3.18. The number of carbonyl (C=O) groups excluding carboxylic acids is 2. The first-order chi connectivity index (χ1) is 10.6. The van der Waals surface area contributed by atoms with E-state index in [4.69, 9.17) is 17.9 Å². The first kappa shape index (κ1) is 15.1. The average molecular weight is 293 g/mol. The van der Waals surface area contributed by atoms with E-state index < -0.39 is 11.9 Å². The number of nitrogens with zero attached hydrogens (tertiary/aromatic N) is 1. The highest BCUT2D eigenvalue weighted by molar-refractivity contribution is 6.08. The van der Waals surface area contributed by atoms with Crippen LogP contribution in [0.2, 0.25) is 0 Å². The fourth-order valence-corrected chi connectivity index (χ4v) is 2.13. The molecule has 0 aliphatic carbocycles. The van der Waals surface area contributed by atoms with Gasteiger partial charge in [0.1, 0.15) is 12.3 Å². The van der Waals surface area contributed by atoms with Gasteiger partial charge >= 0.3 is 5.91 Å². The van der Waals surface area contributed by atoms with Gasteiger partial charge in [-0.2, -0.15) is 0 Å². The smallest absolute Gasteiger partial charge is 0.303 e. The highest BCUT2D eigenvalue weighted by Gasteiger charge is 2.25. The van der Waals surface area contributed by atoms with Gasteiger partial charge in [-0.3, -0.25) is 9.69 Å². The summed E-state index contributed by atoms with van der Waals surface area (Å²) in [5, 5.41) is 0. The summed E-state index contributed by atoms with van der Waals surface area (Å²) >= 11 is 0. The SMILES string of the molecule is C#CC(=O)N(c1cccc(N)c1)C(C=O)c1ccc(N)cc1. The predicted octanol–water partition coefficient (Wildman–Crippen LogP) is 1.76. The van der Waals surface area contributed by atoms with Crippen molar-refractivity contribution in [3.63, 3.8) is 0 Å². The molecule has 0 fully saturated rings. The zero-order valence-corrected chi connectivity index (χ0v) is 11.8. The average Bonchev–Trinajstić information content (AvgIpc) is 2.53. The van der Waals surface area contributed by atoms with Crippen LogP contribution >= 0.6 is 0 Å². The lowest BCUT2D eigenvalue weighted by Gasteiger charge is -2.27. The Hall–Kier alpha value is -3.26. The molecule has 1 unspecified atom stereocenters. The van der Waals surface area contributed by atoms with Gasteiger partial charge in [-0.25, -0.2) is 0 Å². The Bertz CT molecular complexity index is 732.